The molecule has 3 aromatic rings. The Morgan fingerprint density at radius 3 is 2.83 bits per heavy atom. The number of aromatic nitrogens is 3. The average molecular weight is 401 g/mol. The lowest BCUT2D eigenvalue weighted by Crippen LogP contribution is -2.12. The normalized spacial score (nSPS) is 15.5. The van der Waals surface area contributed by atoms with Crippen molar-refractivity contribution in [3.05, 3.63) is 65.6 Å². The molecule has 0 saturated carbocycles. The lowest BCUT2D eigenvalue weighted by Gasteiger charge is -2.19. The van der Waals surface area contributed by atoms with Gasteiger partial charge in [-0.1, -0.05) is 32.9 Å². The summed E-state index contributed by atoms with van der Waals surface area (Å²) in [5.41, 5.74) is 6.57. The van der Waals surface area contributed by atoms with Gasteiger partial charge in [-0.05, 0) is 66.5 Å². The predicted molar refractivity (Wildman–Crippen MR) is 120 cm³/mol. The Morgan fingerprint density at radius 2 is 2.03 bits per heavy atom. The number of benzene rings is 1. The van der Waals surface area contributed by atoms with E-state index in [1.807, 2.05) is 30.5 Å². The Kier molecular flexibility index (Phi) is 5.37. The molecule has 1 aliphatic carbocycles. The van der Waals surface area contributed by atoms with Gasteiger partial charge in [0.1, 0.15) is 5.78 Å². The van der Waals surface area contributed by atoms with E-state index in [4.69, 9.17) is 9.97 Å². The first-order valence-corrected chi connectivity index (χ1v) is 10.5. The number of hydrogen-bond acceptors (Lipinski definition) is 5. The zero-order chi connectivity index (χ0) is 21.3. The van der Waals surface area contributed by atoms with E-state index in [1.165, 1.54) is 11.3 Å². The number of carbonyl (C=O) groups excluding carboxylic acids is 1. The zero-order valence-corrected chi connectivity index (χ0v) is 18.1. The third kappa shape index (κ3) is 4.25. The number of aryl methyl sites for hydroxylation is 1. The number of carbonyl (C=O) groups is 1. The van der Waals surface area contributed by atoms with Gasteiger partial charge in [-0.25, -0.2) is 9.97 Å². The maximum atomic E-state index is 11.4. The summed E-state index contributed by atoms with van der Waals surface area (Å²) in [4.78, 5) is 25.2. The standard InChI is InChI=1S/C25H28N4O/c1-16(12-17(2)30)18-6-5-7-20(13-18)28-24-26-11-9-22(29-24)19-14-21-23(27-15-19)8-10-25(21,3)4/h5-7,9,11,13-16H,8,10,12H2,1-4H3,(H,26,28,29). The smallest absolute Gasteiger partial charge is 0.227 e. The maximum absolute atomic E-state index is 11.4. The van der Waals surface area contributed by atoms with Gasteiger partial charge < -0.3 is 10.1 Å². The second kappa shape index (κ2) is 7.98. The van der Waals surface area contributed by atoms with Gasteiger partial charge in [0.05, 0.1) is 5.69 Å². The Bertz CT molecular complexity index is 1090. The van der Waals surface area contributed by atoms with Gasteiger partial charge in [-0.3, -0.25) is 4.98 Å². The molecule has 1 N–H and O–H groups in total. The number of Topliss-reactive ketones (excluding diaryl/α,β-unsaturated/α-hetero) is 1. The van der Waals surface area contributed by atoms with Crippen LogP contribution in [0.4, 0.5) is 11.6 Å². The minimum Gasteiger partial charge on any atom is -0.324 e. The highest BCUT2D eigenvalue weighted by atomic mass is 16.1. The minimum absolute atomic E-state index is 0.156. The molecular formula is C25H28N4O. The van der Waals surface area contributed by atoms with Crippen LogP contribution in [0.1, 0.15) is 63.3 Å². The number of ketones is 1. The summed E-state index contributed by atoms with van der Waals surface area (Å²) in [6, 6.07) is 12.2. The van der Waals surface area contributed by atoms with Crippen LogP contribution in [-0.2, 0) is 16.6 Å². The summed E-state index contributed by atoms with van der Waals surface area (Å²) in [5, 5.41) is 3.30. The fourth-order valence-electron chi connectivity index (χ4n) is 4.16. The molecule has 1 unspecified atom stereocenters. The number of hydrogen-bond donors (Lipinski definition) is 1. The molecule has 1 aromatic carbocycles. The van der Waals surface area contributed by atoms with Crippen LogP contribution in [0, 0.1) is 0 Å². The molecule has 0 bridgehead atoms. The summed E-state index contributed by atoms with van der Waals surface area (Å²) < 4.78 is 0. The average Bonchev–Trinajstić information content (AvgIpc) is 3.02. The van der Waals surface area contributed by atoms with Gasteiger partial charge in [0.2, 0.25) is 5.95 Å². The topological polar surface area (TPSA) is 67.8 Å². The lowest BCUT2D eigenvalue weighted by molar-refractivity contribution is -0.117. The van der Waals surface area contributed by atoms with E-state index in [1.54, 1.807) is 13.1 Å². The van der Waals surface area contributed by atoms with Crippen molar-refractivity contribution in [1.82, 2.24) is 15.0 Å². The van der Waals surface area contributed by atoms with Crippen LogP contribution in [0.3, 0.4) is 0 Å². The predicted octanol–water partition coefficient (Wildman–Crippen LogP) is 5.59. The number of anilines is 2. The van der Waals surface area contributed by atoms with Gasteiger partial charge in [0.15, 0.2) is 0 Å². The molecule has 154 valence electrons. The molecule has 2 heterocycles. The number of fused-ring (bicyclic) bond motifs is 1. The number of pyridine rings is 1. The Balaban J connectivity index is 1.57. The lowest BCUT2D eigenvalue weighted by atomic mass is 9.86. The summed E-state index contributed by atoms with van der Waals surface area (Å²) in [6.07, 6.45) is 6.39. The van der Waals surface area contributed by atoms with Crippen molar-refractivity contribution >= 4 is 17.4 Å². The molecule has 0 amide bonds. The molecule has 4 rings (SSSR count). The first-order chi connectivity index (χ1) is 14.3. The zero-order valence-electron chi connectivity index (χ0n) is 18.1. The Labute approximate surface area is 178 Å². The second-order valence-electron chi connectivity index (χ2n) is 8.93. The molecule has 5 heteroatoms. The third-order valence-corrected chi connectivity index (χ3v) is 5.94. The highest BCUT2D eigenvalue weighted by molar-refractivity contribution is 5.76. The van der Waals surface area contributed by atoms with E-state index in [0.29, 0.717) is 12.4 Å². The van der Waals surface area contributed by atoms with Crippen molar-refractivity contribution in [2.45, 2.75) is 58.3 Å². The summed E-state index contributed by atoms with van der Waals surface area (Å²) in [6.45, 7) is 8.25. The molecule has 5 nitrogen and oxygen atoms in total. The van der Waals surface area contributed by atoms with Gasteiger partial charge in [0.25, 0.3) is 0 Å². The van der Waals surface area contributed by atoms with Crippen molar-refractivity contribution in [2.24, 2.45) is 0 Å². The SMILES string of the molecule is CC(=O)CC(C)c1cccc(Nc2nccc(-c3cnc4c(c3)C(C)(C)CC4)n2)c1. The first-order valence-electron chi connectivity index (χ1n) is 10.5. The molecule has 0 spiro atoms. The van der Waals surface area contributed by atoms with Crippen molar-refractivity contribution in [3.8, 4) is 11.3 Å². The molecule has 2 aromatic heterocycles. The number of nitrogens with zero attached hydrogens (tertiary/aromatic N) is 3. The molecule has 0 fully saturated rings. The van der Waals surface area contributed by atoms with Crippen LogP contribution in [-0.4, -0.2) is 20.7 Å². The van der Waals surface area contributed by atoms with Crippen LogP contribution < -0.4 is 5.32 Å². The number of nitrogens with one attached hydrogen (secondary N) is 1. The van der Waals surface area contributed by atoms with Gasteiger partial charge >= 0.3 is 0 Å². The van der Waals surface area contributed by atoms with E-state index in [9.17, 15) is 4.79 Å². The molecular weight excluding hydrogens is 372 g/mol. The summed E-state index contributed by atoms with van der Waals surface area (Å²) >= 11 is 0. The molecule has 0 aliphatic heterocycles. The molecule has 0 radical (unpaired) electrons. The monoisotopic (exact) mass is 400 g/mol. The highest BCUT2D eigenvalue weighted by Crippen LogP contribution is 2.38. The highest BCUT2D eigenvalue weighted by Gasteiger charge is 2.31. The van der Waals surface area contributed by atoms with Crippen molar-refractivity contribution in [2.75, 3.05) is 5.32 Å². The largest absolute Gasteiger partial charge is 0.324 e. The van der Waals surface area contributed by atoms with Crippen molar-refractivity contribution in [1.29, 1.82) is 0 Å². The van der Waals surface area contributed by atoms with Crippen LogP contribution in [0.2, 0.25) is 0 Å². The summed E-state index contributed by atoms with van der Waals surface area (Å²) in [7, 11) is 0. The van der Waals surface area contributed by atoms with E-state index in [-0.39, 0.29) is 17.1 Å². The molecule has 0 saturated heterocycles. The Hall–Kier alpha value is -3.08. The van der Waals surface area contributed by atoms with Crippen LogP contribution in [0.15, 0.2) is 48.8 Å². The molecule has 1 aliphatic rings. The quantitative estimate of drug-likeness (QED) is 0.584. The van der Waals surface area contributed by atoms with Gasteiger partial charge in [-0.15, -0.1) is 0 Å². The third-order valence-electron chi connectivity index (χ3n) is 5.94. The fraction of sp³-hybridized carbons (Fsp3) is 0.360. The number of rotatable bonds is 6. The molecule has 1 atom stereocenters. The fourth-order valence-corrected chi connectivity index (χ4v) is 4.16. The van der Waals surface area contributed by atoms with Crippen LogP contribution >= 0.6 is 0 Å². The molecule has 30 heavy (non-hydrogen) atoms. The van der Waals surface area contributed by atoms with E-state index < -0.39 is 0 Å². The second-order valence-corrected chi connectivity index (χ2v) is 8.93. The Morgan fingerprint density at radius 1 is 1.20 bits per heavy atom. The summed E-state index contributed by atoms with van der Waals surface area (Å²) in [5.74, 6) is 0.920. The van der Waals surface area contributed by atoms with E-state index in [0.717, 1.165) is 35.3 Å². The van der Waals surface area contributed by atoms with Crippen LogP contribution in [0.5, 0.6) is 0 Å². The minimum atomic E-state index is 0.156. The van der Waals surface area contributed by atoms with E-state index in [2.05, 4.69) is 43.2 Å². The van der Waals surface area contributed by atoms with Gasteiger partial charge in [-0.2, -0.15) is 0 Å². The van der Waals surface area contributed by atoms with E-state index >= 15 is 0 Å². The van der Waals surface area contributed by atoms with Crippen LogP contribution in [0.25, 0.3) is 11.3 Å². The van der Waals surface area contributed by atoms with Crippen molar-refractivity contribution < 1.29 is 4.79 Å². The maximum Gasteiger partial charge on any atom is 0.227 e. The van der Waals surface area contributed by atoms with Crippen molar-refractivity contribution in [3.63, 3.8) is 0 Å². The first kappa shape index (κ1) is 20.2. The van der Waals surface area contributed by atoms with Gasteiger partial charge in [0, 0.05) is 35.8 Å².